The van der Waals surface area contributed by atoms with Crippen LogP contribution in [0, 0.1) is 0 Å². The Hall–Kier alpha value is -1.12. The van der Waals surface area contributed by atoms with Crippen molar-refractivity contribution in [1.82, 2.24) is 4.31 Å². The predicted octanol–water partition coefficient (Wildman–Crippen LogP) is 2.45. The summed E-state index contributed by atoms with van der Waals surface area (Å²) in [5.41, 5.74) is 4.41. The Morgan fingerprint density at radius 1 is 1.24 bits per heavy atom. The van der Waals surface area contributed by atoms with Crippen molar-refractivity contribution in [3.8, 4) is 0 Å². The Bertz CT molecular complexity index is 559. The Kier molecular flexibility index (Phi) is 6.18. The maximum Gasteiger partial charge on any atom is 0.416 e. The monoisotopic (exact) mass is 324 g/mol. The lowest BCUT2D eigenvalue weighted by Gasteiger charge is -2.21. The van der Waals surface area contributed by atoms with Crippen LogP contribution in [-0.4, -0.2) is 32.4 Å². The van der Waals surface area contributed by atoms with Gasteiger partial charge >= 0.3 is 6.18 Å². The average Bonchev–Trinajstić information content (AvgIpc) is 2.42. The molecule has 0 amide bonds. The van der Waals surface area contributed by atoms with Crippen molar-refractivity contribution in [2.75, 3.05) is 19.6 Å². The number of hydrogen-bond acceptors (Lipinski definition) is 3. The fourth-order valence-electron chi connectivity index (χ4n) is 1.81. The molecule has 0 bridgehead atoms. The maximum absolute atomic E-state index is 12.7. The SMILES string of the molecule is CCCCN(CCN)S(=O)(=O)c1cccc(C(F)(F)F)c1. The molecule has 0 aliphatic carbocycles. The van der Waals surface area contributed by atoms with Gasteiger partial charge in [0.15, 0.2) is 0 Å². The minimum absolute atomic E-state index is 0.0819. The van der Waals surface area contributed by atoms with Gasteiger partial charge in [0.2, 0.25) is 10.0 Å². The average molecular weight is 324 g/mol. The van der Waals surface area contributed by atoms with Crippen molar-refractivity contribution in [2.24, 2.45) is 5.73 Å². The van der Waals surface area contributed by atoms with Gasteiger partial charge in [0.1, 0.15) is 0 Å². The van der Waals surface area contributed by atoms with Crippen molar-refractivity contribution in [1.29, 1.82) is 0 Å². The third kappa shape index (κ3) is 4.69. The number of halogens is 3. The summed E-state index contributed by atoms with van der Waals surface area (Å²) in [7, 11) is -3.96. The van der Waals surface area contributed by atoms with Crippen molar-refractivity contribution < 1.29 is 21.6 Å². The summed E-state index contributed by atoms with van der Waals surface area (Å²) in [5, 5.41) is 0. The Morgan fingerprint density at radius 2 is 1.90 bits per heavy atom. The first-order chi connectivity index (χ1) is 9.73. The molecule has 0 aliphatic rings. The van der Waals surface area contributed by atoms with Gasteiger partial charge < -0.3 is 5.73 Å². The molecule has 4 nitrogen and oxygen atoms in total. The number of nitrogens with two attached hydrogens (primary N) is 1. The smallest absolute Gasteiger partial charge is 0.329 e. The van der Waals surface area contributed by atoms with E-state index in [-0.39, 0.29) is 24.5 Å². The van der Waals surface area contributed by atoms with Crippen LogP contribution in [0.25, 0.3) is 0 Å². The highest BCUT2D eigenvalue weighted by Gasteiger charge is 2.32. The maximum atomic E-state index is 12.7. The zero-order valence-corrected chi connectivity index (χ0v) is 12.5. The molecule has 0 saturated heterocycles. The van der Waals surface area contributed by atoms with Crippen molar-refractivity contribution in [3.63, 3.8) is 0 Å². The van der Waals surface area contributed by atoms with Gasteiger partial charge in [-0.15, -0.1) is 0 Å². The lowest BCUT2D eigenvalue weighted by molar-refractivity contribution is -0.137. The summed E-state index contributed by atoms with van der Waals surface area (Å²) in [6.07, 6.45) is -3.18. The van der Waals surface area contributed by atoms with Gasteiger partial charge in [-0.2, -0.15) is 17.5 Å². The zero-order chi connectivity index (χ0) is 16.1. The molecular formula is C13H19F3N2O2S. The number of nitrogens with zero attached hydrogens (tertiary/aromatic N) is 1. The molecule has 21 heavy (non-hydrogen) atoms. The van der Waals surface area contributed by atoms with E-state index in [2.05, 4.69) is 0 Å². The number of rotatable bonds is 7. The molecule has 0 aromatic heterocycles. The topological polar surface area (TPSA) is 63.4 Å². The summed E-state index contributed by atoms with van der Waals surface area (Å²) in [5.74, 6) is 0. The normalized spacial score (nSPS) is 12.9. The van der Waals surface area contributed by atoms with E-state index >= 15 is 0 Å². The quantitative estimate of drug-likeness (QED) is 0.838. The van der Waals surface area contributed by atoms with Crippen LogP contribution in [-0.2, 0) is 16.2 Å². The van der Waals surface area contributed by atoms with E-state index < -0.39 is 21.8 Å². The number of alkyl halides is 3. The van der Waals surface area contributed by atoms with E-state index in [0.29, 0.717) is 12.5 Å². The summed E-state index contributed by atoms with van der Waals surface area (Å²) in [6, 6.07) is 3.76. The molecule has 0 saturated carbocycles. The van der Waals surface area contributed by atoms with Crippen molar-refractivity contribution >= 4 is 10.0 Å². The van der Waals surface area contributed by atoms with Gasteiger partial charge in [-0.1, -0.05) is 19.4 Å². The molecular weight excluding hydrogens is 305 g/mol. The molecule has 1 rings (SSSR count). The summed E-state index contributed by atoms with van der Waals surface area (Å²) >= 11 is 0. The molecule has 0 heterocycles. The molecule has 0 unspecified atom stereocenters. The molecule has 0 radical (unpaired) electrons. The van der Waals surface area contributed by atoms with Crippen LogP contribution >= 0.6 is 0 Å². The third-order valence-electron chi connectivity index (χ3n) is 2.94. The van der Waals surface area contributed by atoms with Gasteiger partial charge in [-0.3, -0.25) is 0 Å². The Morgan fingerprint density at radius 3 is 2.43 bits per heavy atom. The second kappa shape index (κ2) is 7.24. The largest absolute Gasteiger partial charge is 0.416 e. The molecule has 120 valence electrons. The van der Waals surface area contributed by atoms with Gasteiger partial charge in [0.25, 0.3) is 0 Å². The first-order valence-electron chi connectivity index (χ1n) is 6.61. The van der Waals surface area contributed by atoms with Crippen LogP contribution in [0.15, 0.2) is 29.2 Å². The minimum atomic E-state index is -4.58. The third-order valence-corrected chi connectivity index (χ3v) is 4.83. The van der Waals surface area contributed by atoms with E-state index in [1.165, 1.54) is 6.07 Å². The second-order valence-corrected chi connectivity index (χ2v) is 6.51. The summed E-state index contributed by atoms with van der Waals surface area (Å²) < 4.78 is 64.0. The van der Waals surface area contributed by atoms with Gasteiger partial charge in [0.05, 0.1) is 10.5 Å². The van der Waals surface area contributed by atoms with Crippen LogP contribution < -0.4 is 5.73 Å². The second-order valence-electron chi connectivity index (χ2n) is 4.57. The standard InChI is InChI=1S/C13H19F3N2O2S/c1-2-3-8-18(9-7-17)21(19,20)12-6-4-5-11(10-12)13(14,15)16/h4-6,10H,2-3,7-9,17H2,1H3. The molecule has 1 aromatic rings. The van der Waals surface area contributed by atoms with Crippen LogP contribution in [0.4, 0.5) is 13.2 Å². The van der Waals surface area contributed by atoms with E-state index in [4.69, 9.17) is 5.73 Å². The van der Waals surface area contributed by atoms with Gasteiger partial charge in [-0.25, -0.2) is 8.42 Å². The summed E-state index contributed by atoms with van der Waals surface area (Å²) in [6.45, 7) is 2.34. The van der Waals surface area contributed by atoms with E-state index in [1.54, 1.807) is 0 Å². The van der Waals surface area contributed by atoms with Crippen LogP contribution in [0.2, 0.25) is 0 Å². The van der Waals surface area contributed by atoms with Crippen molar-refractivity contribution in [3.05, 3.63) is 29.8 Å². The fourth-order valence-corrected chi connectivity index (χ4v) is 3.35. The van der Waals surface area contributed by atoms with Crippen LogP contribution in [0.1, 0.15) is 25.3 Å². The first-order valence-corrected chi connectivity index (χ1v) is 8.05. The molecule has 8 heteroatoms. The highest BCUT2D eigenvalue weighted by molar-refractivity contribution is 7.89. The van der Waals surface area contributed by atoms with Gasteiger partial charge in [-0.05, 0) is 24.6 Å². The minimum Gasteiger partial charge on any atom is -0.329 e. The molecule has 0 spiro atoms. The highest BCUT2D eigenvalue weighted by atomic mass is 32.2. The fraction of sp³-hybridized carbons (Fsp3) is 0.538. The summed E-state index contributed by atoms with van der Waals surface area (Å²) in [4.78, 5) is -0.359. The van der Waals surface area contributed by atoms with Gasteiger partial charge in [0, 0.05) is 19.6 Å². The number of sulfonamides is 1. The highest BCUT2D eigenvalue weighted by Crippen LogP contribution is 2.31. The van der Waals surface area contributed by atoms with E-state index in [0.717, 1.165) is 22.9 Å². The number of unbranched alkanes of at least 4 members (excludes halogenated alkanes) is 1. The molecule has 0 fully saturated rings. The van der Waals surface area contributed by atoms with Crippen LogP contribution in [0.5, 0.6) is 0 Å². The zero-order valence-electron chi connectivity index (χ0n) is 11.7. The molecule has 0 atom stereocenters. The van der Waals surface area contributed by atoms with Crippen molar-refractivity contribution in [2.45, 2.75) is 30.8 Å². The lowest BCUT2D eigenvalue weighted by atomic mass is 10.2. The Balaban J connectivity index is 3.15. The molecule has 2 N–H and O–H groups in total. The number of hydrogen-bond donors (Lipinski definition) is 1. The van der Waals surface area contributed by atoms with E-state index in [9.17, 15) is 21.6 Å². The van der Waals surface area contributed by atoms with E-state index in [1.807, 2.05) is 6.92 Å². The Labute approximate surface area is 122 Å². The predicted molar refractivity (Wildman–Crippen MR) is 74.2 cm³/mol. The number of benzene rings is 1. The molecule has 1 aromatic carbocycles. The first kappa shape index (κ1) is 17.9. The van der Waals surface area contributed by atoms with Crippen LogP contribution in [0.3, 0.4) is 0 Å². The lowest BCUT2D eigenvalue weighted by Crippen LogP contribution is -2.36. The molecule has 0 aliphatic heterocycles.